The van der Waals surface area contributed by atoms with Crippen molar-refractivity contribution in [3.8, 4) is 11.8 Å². The fourth-order valence-corrected chi connectivity index (χ4v) is 1.48. The topological polar surface area (TPSA) is 41.6 Å². The highest BCUT2D eigenvalue weighted by Gasteiger charge is 2.05. The van der Waals surface area contributed by atoms with Crippen LogP contribution in [0.1, 0.15) is 11.3 Å². The molecule has 4 heteroatoms. The van der Waals surface area contributed by atoms with E-state index in [1.165, 1.54) is 12.1 Å². The number of benzene rings is 1. The summed E-state index contributed by atoms with van der Waals surface area (Å²) in [6.07, 6.45) is 2.14. The molecule has 0 bridgehead atoms. The number of nitrogens with zero attached hydrogens (tertiary/aromatic N) is 3. The van der Waals surface area contributed by atoms with E-state index < -0.39 is 0 Å². The smallest absolute Gasteiger partial charge is 0.123 e. The lowest BCUT2D eigenvalue weighted by atomic mass is 10.2. The number of aromatic nitrogens is 2. The SMILES string of the molecule is Cc1nn(-c2ccc(F)cc2)cc1CC#N. The molecule has 0 saturated carbocycles. The molecule has 1 aromatic heterocycles. The van der Waals surface area contributed by atoms with Crippen molar-refractivity contribution in [2.45, 2.75) is 13.3 Å². The van der Waals surface area contributed by atoms with E-state index in [2.05, 4.69) is 11.2 Å². The third kappa shape index (κ3) is 1.94. The molecule has 0 radical (unpaired) electrons. The Morgan fingerprint density at radius 2 is 2.06 bits per heavy atom. The van der Waals surface area contributed by atoms with E-state index in [1.807, 2.05) is 6.92 Å². The molecule has 0 aliphatic rings. The quantitative estimate of drug-likeness (QED) is 0.771. The van der Waals surface area contributed by atoms with Crippen LogP contribution in [0.3, 0.4) is 0 Å². The predicted molar refractivity (Wildman–Crippen MR) is 57.6 cm³/mol. The van der Waals surface area contributed by atoms with Crippen LogP contribution in [0.15, 0.2) is 30.5 Å². The molecule has 16 heavy (non-hydrogen) atoms. The first-order chi connectivity index (χ1) is 7.70. The van der Waals surface area contributed by atoms with Gasteiger partial charge in [0.1, 0.15) is 5.82 Å². The average molecular weight is 215 g/mol. The molecular weight excluding hydrogens is 205 g/mol. The van der Waals surface area contributed by atoms with E-state index in [9.17, 15) is 4.39 Å². The minimum atomic E-state index is -0.273. The lowest BCUT2D eigenvalue weighted by molar-refractivity contribution is 0.627. The summed E-state index contributed by atoms with van der Waals surface area (Å²) in [6.45, 7) is 1.85. The van der Waals surface area contributed by atoms with Crippen molar-refractivity contribution in [3.63, 3.8) is 0 Å². The van der Waals surface area contributed by atoms with Crippen molar-refractivity contribution in [3.05, 3.63) is 47.5 Å². The summed E-state index contributed by atoms with van der Waals surface area (Å²) in [7, 11) is 0. The third-order valence-corrected chi connectivity index (χ3v) is 2.36. The van der Waals surface area contributed by atoms with Crippen molar-refractivity contribution in [2.75, 3.05) is 0 Å². The van der Waals surface area contributed by atoms with E-state index in [4.69, 9.17) is 5.26 Å². The molecule has 3 nitrogen and oxygen atoms in total. The Kier molecular flexibility index (Phi) is 2.69. The van der Waals surface area contributed by atoms with E-state index in [-0.39, 0.29) is 5.82 Å². The van der Waals surface area contributed by atoms with E-state index >= 15 is 0 Å². The minimum absolute atomic E-state index is 0.273. The Bertz CT molecular complexity index is 534. The van der Waals surface area contributed by atoms with Crippen LogP contribution >= 0.6 is 0 Å². The van der Waals surface area contributed by atoms with Gasteiger partial charge in [0.15, 0.2) is 0 Å². The van der Waals surface area contributed by atoms with Crippen molar-refractivity contribution in [1.82, 2.24) is 9.78 Å². The third-order valence-electron chi connectivity index (χ3n) is 2.36. The fraction of sp³-hybridized carbons (Fsp3) is 0.167. The number of halogens is 1. The molecule has 0 N–H and O–H groups in total. The summed E-state index contributed by atoms with van der Waals surface area (Å²) in [4.78, 5) is 0. The number of aryl methyl sites for hydroxylation is 1. The van der Waals surface area contributed by atoms with Crippen LogP contribution in [-0.4, -0.2) is 9.78 Å². The molecular formula is C12H10FN3. The molecule has 2 aromatic rings. The summed E-state index contributed by atoms with van der Waals surface area (Å²) in [6, 6.07) is 8.16. The summed E-state index contributed by atoms with van der Waals surface area (Å²) in [5.41, 5.74) is 2.51. The van der Waals surface area contributed by atoms with Gasteiger partial charge in [-0.05, 0) is 31.2 Å². The van der Waals surface area contributed by atoms with E-state index in [0.717, 1.165) is 16.9 Å². The molecule has 0 spiro atoms. The Balaban J connectivity index is 2.38. The van der Waals surface area contributed by atoms with E-state index in [0.29, 0.717) is 6.42 Å². The second-order valence-corrected chi connectivity index (χ2v) is 3.50. The number of nitriles is 1. The number of rotatable bonds is 2. The fourth-order valence-electron chi connectivity index (χ4n) is 1.48. The zero-order valence-electron chi connectivity index (χ0n) is 8.81. The molecule has 0 amide bonds. The molecule has 0 fully saturated rings. The molecule has 1 heterocycles. The second-order valence-electron chi connectivity index (χ2n) is 3.50. The highest BCUT2D eigenvalue weighted by Crippen LogP contribution is 2.12. The summed E-state index contributed by atoms with van der Waals surface area (Å²) in [5.74, 6) is -0.273. The van der Waals surface area contributed by atoms with Gasteiger partial charge in [-0.15, -0.1) is 0 Å². The standard InChI is InChI=1S/C12H10FN3/c1-9-10(6-7-14)8-16(15-9)12-4-2-11(13)3-5-12/h2-5,8H,6H2,1H3. The van der Waals surface area contributed by atoms with Crippen LogP contribution in [0.2, 0.25) is 0 Å². The maximum atomic E-state index is 12.7. The zero-order valence-corrected chi connectivity index (χ0v) is 8.81. The van der Waals surface area contributed by atoms with Crippen LogP contribution in [0.5, 0.6) is 0 Å². The maximum absolute atomic E-state index is 12.7. The number of hydrogen-bond acceptors (Lipinski definition) is 2. The number of hydrogen-bond donors (Lipinski definition) is 0. The lowest BCUT2D eigenvalue weighted by Gasteiger charge is -1.99. The van der Waals surface area contributed by atoms with Gasteiger partial charge in [0, 0.05) is 11.8 Å². The van der Waals surface area contributed by atoms with Crippen molar-refractivity contribution in [2.24, 2.45) is 0 Å². The van der Waals surface area contributed by atoms with Crippen molar-refractivity contribution >= 4 is 0 Å². The maximum Gasteiger partial charge on any atom is 0.123 e. The molecule has 0 aliphatic heterocycles. The van der Waals surface area contributed by atoms with Gasteiger partial charge >= 0.3 is 0 Å². The van der Waals surface area contributed by atoms with Gasteiger partial charge < -0.3 is 0 Å². The van der Waals surface area contributed by atoms with Crippen molar-refractivity contribution < 1.29 is 4.39 Å². The van der Waals surface area contributed by atoms with Crippen LogP contribution < -0.4 is 0 Å². The van der Waals surface area contributed by atoms with Crippen LogP contribution in [-0.2, 0) is 6.42 Å². The molecule has 0 unspecified atom stereocenters. The molecule has 0 aliphatic carbocycles. The minimum Gasteiger partial charge on any atom is -0.240 e. The molecule has 1 aromatic carbocycles. The van der Waals surface area contributed by atoms with Gasteiger partial charge in [0.05, 0.1) is 23.9 Å². The Morgan fingerprint density at radius 1 is 1.38 bits per heavy atom. The van der Waals surface area contributed by atoms with Gasteiger partial charge in [0.2, 0.25) is 0 Å². The first-order valence-corrected chi connectivity index (χ1v) is 4.89. The summed E-state index contributed by atoms with van der Waals surface area (Å²) in [5, 5.41) is 12.9. The molecule has 0 saturated heterocycles. The molecule has 2 rings (SSSR count). The average Bonchev–Trinajstić information content (AvgIpc) is 2.62. The van der Waals surface area contributed by atoms with Crippen molar-refractivity contribution in [1.29, 1.82) is 5.26 Å². The highest BCUT2D eigenvalue weighted by atomic mass is 19.1. The largest absolute Gasteiger partial charge is 0.240 e. The first-order valence-electron chi connectivity index (χ1n) is 4.89. The molecule has 80 valence electrons. The summed E-state index contributed by atoms with van der Waals surface area (Å²) >= 11 is 0. The zero-order chi connectivity index (χ0) is 11.5. The van der Waals surface area contributed by atoms with Gasteiger partial charge in [-0.25, -0.2) is 9.07 Å². The van der Waals surface area contributed by atoms with Crippen LogP contribution in [0.25, 0.3) is 5.69 Å². The van der Waals surface area contributed by atoms with Gasteiger partial charge in [-0.1, -0.05) is 0 Å². The van der Waals surface area contributed by atoms with Gasteiger partial charge in [-0.3, -0.25) is 0 Å². The molecule has 0 atom stereocenters. The van der Waals surface area contributed by atoms with Gasteiger partial charge in [0.25, 0.3) is 0 Å². The Labute approximate surface area is 92.7 Å². The second kappa shape index (κ2) is 4.15. The Hall–Kier alpha value is -2.15. The summed E-state index contributed by atoms with van der Waals surface area (Å²) < 4.78 is 14.4. The monoisotopic (exact) mass is 215 g/mol. The predicted octanol–water partition coefficient (Wildman–Crippen LogP) is 2.39. The van der Waals surface area contributed by atoms with Crippen LogP contribution in [0, 0.1) is 24.1 Å². The Morgan fingerprint density at radius 3 is 2.69 bits per heavy atom. The highest BCUT2D eigenvalue weighted by molar-refractivity contribution is 5.33. The lowest BCUT2D eigenvalue weighted by Crippen LogP contribution is -1.94. The van der Waals surface area contributed by atoms with Gasteiger partial charge in [-0.2, -0.15) is 10.4 Å². The normalized spacial score (nSPS) is 10.1. The van der Waals surface area contributed by atoms with E-state index in [1.54, 1.807) is 23.0 Å². The first kappa shape index (κ1) is 10.4. The van der Waals surface area contributed by atoms with Crippen LogP contribution in [0.4, 0.5) is 4.39 Å².